The lowest BCUT2D eigenvalue weighted by molar-refractivity contribution is 0.390. The SMILES string of the molecule is COc1ccc(CNS(=O)(=O)Cc2ccc(CC#N)cc2)c(OC)c1. The fraction of sp³-hybridized carbons (Fsp3) is 0.278. The molecule has 0 saturated carbocycles. The molecule has 0 heterocycles. The fourth-order valence-electron chi connectivity index (χ4n) is 2.30. The van der Waals surface area contributed by atoms with Gasteiger partial charge in [-0.25, -0.2) is 13.1 Å². The van der Waals surface area contributed by atoms with Gasteiger partial charge < -0.3 is 9.47 Å². The fourth-order valence-corrected chi connectivity index (χ4v) is 3.41. The predicted octanol–water partition coefficient (Wildman–Crippen LogP) is 2.39. The van der Waals surface area contributed by atoms with Crippen LogP contribution < -0.4 is 14.2 Å². The van der Waals surface area contributed by atoms with E-state index in [2.05, 4.69) is 10.8 Å². The molecular formula is C18H20N2O4S. The van der Waals surface area contributed by atoms with Gasteiger partial charge in [0, 0.05) is 18.2 Å². The quantitative estimate of drug-likeness (QED) is 0.781. The summed E-state index contributed by atoms with van der Waals surface area (Å²) in [4.78, 5) is 0. The minimum absolute atomic E-state index is 0.127. The highest BCUT2D eigenvalue weighted by Crippen LogP contribution is 2.24. The van der Waals surface area contributed by atoms with E-state index in [-0.39, 0.29) is 12.3 Å². The summed E-state index contributed by atoms with van der Waals surface area (Å²) in [5, 5.41) is 8.66. The van der Waals surface area contributed by atoms with Crippen molar-refractivity contribution in [1.29, 1.82) is 5.26 Å². The Morgan fingerprint density at radius 2 is 1.72 bits per heavy atom. The molecule has 0 radical (unpaired) electrons. The van der Waals surface area contributed by atoms with Crippen LogP contribution in [0.4, 0.5) is 0 Å². The molecule has 132 valence electrons. The third kappa shape index (κ3) is 5.48. The normalized spacial score (nSPS) is 10.9. The Bertz CT molecular complexity index is 856. The molecule has 7 heteroatoms. The van der Waals surface area contributed by atoms with Crippen LogP contribution >= 0.6 is 0 Å². The first kappa shape index (κ1) is 18.8. The second kappa shape index (κ2) is 8.51. The molecule has 2 rings (SSSR count). The molecule has 2 aromatic rings. The number of benzene rings is 2. The third-order valence-electron chi connectivity index (χ3n) is 3.64. The topological polar surface area (TPSA) is 88.4 Å². The van der Waals surface area contributed by atoms with Crippen LogP contribution in [0, 0.1) is 11.3 Å². The van der Waals surface area contributed by atoms with Gasteiger partial charge >= 0.3 is 0 Å². The number of nitrogens with zero attached hydrogens (tertiary/aromatic N) is 1. The van der Waals surface area contributed by atoms with E-state index in [0.717, 1.165) is 11.1 Å². The van der Waals surface area contributed by atoms with Crippen molar-refractivity contribution in [2.75, 3.05) is 14.2 Å². The van der Waals surface area contributed by atoms with Crippen molar-refractivity contribution in [3.8, 4) is 17.6 Å². The van der Waals surface area contributed by atoms with Crippen LogP contribution in [0.2, 0.25) is 0 Å². The van der Waals surface area contributed by atoms with Gasteiger partial charge in [-0.2, -0.15) is 5.26 Å². The molecule has 25 heavy (non-hydrogen) atoms. The average molecular weight is 360 g/mol. The van der Waals surface area contributed by atoms with Gasteiger partial charge in [-0.1, -0.05) is 30.3 Å². The van der Waals surface area contributed by atoms with E-state index >= 15 is 0 Å². The Morgan fingerprint density at radius 3 is 2.32 bits per heavy atom. The molecular weight excluding hydrogens is 340 g/mol. The first-order chi connectivity index (χ1) is 12.0. The number of rotatable bonds is 8. The Balaban J connectivity index is 2.03. The standard InChI is InChI=1S/C18H20N2O4S/c1-23-17-8-7-16(18(11-17)24-2)12-20-25(21,22)13-15-5-3-14(4-6-15)9-10-19/h3-8,11,20H,9,12-13H2,1-2H3. The summed E-state index contributed by atoms with van der Waals surface area (Å²) in [5.74, 6) is 1.07. The zero-order valence-corrected chi connectivity index (χ0v) is 15.0. The number of nitriles is 1. The zero-order valence-electron chi connectivity index (χ0n) is 14.2. The highest BCUT2D eigenvalue weighted by Gasteiger charge is 2.13. The van der Waals surface area contributed by atoms with Gasteiger partial charge in [-0.15, -0.1) is 0 Å². The van der Waals surface area contributed by atoms with E-state index in [1.807, 2.05) is 0 Å². The first-order valence-corrected chi connectivity index (χ1v) is 9.25. The van der Waals surface area contributed by atoms with Crippen LogP contribution in [0.15, 0.2) is 42.5 Å². The van der Waals surface area contributed by atoms with Gasteiger partial charge in [0.05, 0.1) is 32.5 Å². The molecule has 0 unspecified atom stereocenters. The second-order valence-corrected chi connectivity index (χ2v) is 7.22. The van der Waals surface area contributed by atoms with Gasteiger partial charge in [-0.3, -0.25) is 0 Å². The summed E-state index contributed by atoms with van der Waals surface area (Å²) >= 11 is 0. The molecule has 0 aliphatic rings. The van der Waals surface area contributed by atoms with Gasteiger partial charge in [-0.05, 0) is 17.2 Å². The summed E-state index contributed by atoms with van der Waals surface area (Å²) in [6.07, 6.45) is 0.308. The number of hydrogen-bond acceptors (Lipinski definition) is 5. The van der Waals surface area contributed by atoms with Gasteiger partial charge in [0.1, 0.15) is 11.5 Å². The molecule has 0 aromatic heterocycles. The van der Waals surface area contributed by atoms with Crippen LogP contribution in [-0.2, 0) is 28.7 Å². The number of hydrogen-bond donors (Lipinski definition) is 1. The highest BCUT2D eigenvalue weighted by molar-refractivity contribution is 7.88. The van der Waals surface area contributed by atoms with Gasteiger partial charge in [0.15, 0.2) is 0 Å². The zero-order chi connectivity index (χ0) is 18.3. The lowest BCUT2D eigenvalue weighted by atomic mass is 10.1. The number of sulfonamides is 1. The maximum atomic E-state index is 12.3. The van der Waals surface area contributed by atoms with E-state index in [9.17, 15) is 8.42 Å². The highest BCUT2D eigenvalue weighted by atomic mass is 32.2. The lowest BCUT2D eigenvalue weighted by Gasteiger charge is -2.12. The Kier molecular flexibility index (Phi) is 6.39. The summed E-state index contributed by atoms with van der Waals surface area (Å²) in [7, 11) is -0.422. The molecule has 2 aromatic carbocycles. The molecule has 0 amide bonds. The Hall–Kier alpha value is -2.56. The summed E-state index contributed by atoms with van der Waals surface area (Å²) in [6.45, 7) is 0.127. The average Bonchev–Trinajstić information content (AvgIpc) is 2.61. The van der Waals surface area contributed by atoms with Crippen LogP contribution in [0.1, 0.15) is 16.7 Å². The molecule has 6 nitrogen and oxygen atoms in total. The van der Waals surface area contributed by atoms with Crippen LogP contribution in [0.5, 0.6) is 11.5 Å². The summed E-state index contributed by atoms with van der Waals surface area (Å²) in [6, 6.07) is 14.2. The molecule has 0 fully saturated rings. The van der Waals surface area contributed by atoms with Crippen molar-refractivity contribution in [2.24, 2.45) is 0 Å². The minimum atomic E-state index is -3.50. The minimum Gasteiger partial charge on any atom is -0.497 e. The van der Waals surface area contributed by atoms with Crippen molar-refractivity contribution in [3.63, 3.8) is 0 Å². The maximum absolute atomic E-state index is 12.3. The van der Waals surface area contributed by atoms with E-state index in [1.165, 1.54) is 7.11 Å². The van der Waals surface area contributed by atoms with Crippen molar-refractivity contribution in [1.82, 2.24) is 4.72 Å². The number of nitrogens with one attached hydrogen (secondary N) is 1. The number of ether oxygens (including phenoxy) is 2. The molecule has 0 spiro atoms. The van der Waals surface area contributed by atoms with E-state index in [1.54, 1.807) is 49.6 Å². The third-order valence-corrected chi connectivity index (χ3v) is 4.94. The Labute approximate surface area is 148 Å². The lowest BCUT2D eigenvalue weighted by Crippen LogP contribution is -2.25. The molecule has 0 atom stereocenters. The molecule has 0 saturated heterocycles. The molecule has 0 aliphatic heterocycles. The Morgan fingerprint density at radius 1 is 1.04 bits per heavy atom. The number of methoxy groups -OCH3 is 2. The van der Waals surface area contributed by atoms with Crippen molar-refractivity contribution < 1.29 is 17.9 Å². The maximum Gasteiger partial charge on any atom is 0.216 e. The van der Waals surface area contributed by atoms with Crippen LogP contribution in [0.25, 0.3) is 0 Å². The van der Waals surface area contributed by atoms with Gasteiger partial charge in [0.2, 0.25) is 10.0 Å². The largest absolute Gasteiger partial charge is 0.497 e. The van der Waals surface area contributed by atoms with Crippen molar-refractivity contribution in [2.45, 2.75) is 18.7 Å². The predicted molar refractivity (Wildman–Crippen MR) is 94.8 cm³/mol. The summed E-state index contributed by atoms with van der Waals surface area (Å²) < 4.78 is 37.5. The van der Waals surface area contributed by atoms with E-state index < -0.39 is 10.0 Å². The van der Waals surface area contributed by atoms with E-state index in [0.29, 0.717) is 23.5 Å². The van der Waals surface area contributed by atoms with E-state index in [4.69, 9.17) is 14.7 Å². The van der Waals surface area contributed by atoms with Crippen LogP contribution in [-0.4, -0.2) is 22.6 Å². The summed E-state index contributed by atoms with van der Waals surface area (Å²) in [5.41, 5.74) is 2.24. The molecule has 0 aliphatic carbocycles. The molecule has 1 N–H and O–H groups in total. The monoisotopic (exact) mass is 360 g/mol. The molecule has 0 bridgehead atoms. The van der Waals surface area contributed by atoms with Crippen molar-refractivity contribution in [3.05, 3.63) is 59.2 Å². The van der Waals surface area contributed by atoms with Crippen molar-refractivity contribution >= 4 is 10.0 Å². The van der Waals surface area contributed by atoms with Crippen LogP contribution in [0.3, 0.4) is 0 Å². The second-order valence-electron chi connectivity index (χ2n) is 5.41. The first-order valence-electron chi connectivity index (χ1n) is 7.60. The van der Waals surface area contributed by atoms with Gasteiger partial charge in [0.25, 0.3) is 0 Å². The smallest absolute Gasteiger partial charge is 0.216 e.